The Balaban J connectivity index is 2.30. The zero-order valence-corrected chi connectivity index (χ0v) is 10.5. The molecule has 0 aliphatic carbocycles. The van der Waals surface area contributed by atoms with Gasteiger partial charge in [-0.15, -0.1) is 11.3 Å². The first-order chi connectivity index (χ1) is 8.22. The van der Waals surface area contributed by atoms with Crippen molar-refractivity contribution in [1.82, 2.24) is 10.5 Å². The van der Waals surface area contributed by atoms with Gasteiger partial charge in [-0.1, -0.05) is 29.8 Å². The van der Waals surface area contributed by atoms with Crippen LogP contribution in [0.25, 0.3) is 10.6 Å². The minimum absolute atomic E-state index is 0.312. The van der Waals surface area contributed by atoms with E-state index in [9.17, 15) is 4.79 Å². The molecule has 0 saturated carbocycles. The standard InChI is InChI=1S/C11H9ClN2O2S/c1-16-14-10(15)9-6-17-11(13-9)7-4-2-3-5-8(7)12/h2-6H,1H3,(H,14,15). The van der Waals surface area contributed by atoms with E-state index in [0.29, 0.717) is 15.7 Å². The molecule has 0 atom stereocenters. The second-order valence-corrected chi connectivity index (χ2v) is 4.42. The Kier molecular flexibility index (Phi) is 3.73. The molecule has 6 heteroatoms. The van der Waals surface area contributed by atoms with Gasteiger partial charge in [0, 0.05) is 10.9 Å². The molecule has 1 aromatic carbocycles. The van der Waals surface area contributed by atoms with Crippen LogP contribution in [0, 0.1) is 0 Å². The average Bonchev–Trinajstić information content (AvgIpc) is 2.79. The van der Waals surface area contributed by atoms with Crippen molar-refractivity contribution in [1.29, 1.82) is 0 Å². The van der Waals surface area contributed by atoms with Gasteiger partial charge in [-0.2, -0.15) is 0 Å². The maximum Gasteiger partial charge on any atom is 0.294 e. The number of nitrogens with zero attached hydrogens (tertiary/aromatic N) is 1. The lowest BCUT2D eigenvalue weighted by Gasteiger charge is -1.99. The molecule has 2 rings (SSSR count). The van der Waals surface area contributed by atoms with Gasteiger partial charge >= 0.3 is 0 Å². The van der Waals surface area contributed by atoms with Crippen LogP contribution in [-0.2, 0) is 4.84 Å². The third-order valence-corrected chi connectivity index (χ3v) is 3.24. The summed E-state index contributed by atoms with van der Waals surface area (Å²) in [4.78, 5) is 20.2. The Morgan fingerprint density at radius 1 is 1.47 bits per heavy atom. The number of hydrogen-bond donors (Lipinski definition) is 1. The number of rotatable bonds is 3. The third-order valence-electron chi connectivity index (χ3n) is 2.04. The Morgan fingerprint density at radius 2 is 2.24 bits per heavy atom. The Bertz CT molecular complexity index is 542. The van der Waals surface area contributed by atoms with E-state index in [1.165, 1.54) is 18.4 Å². The number of aromatic nitrogens is 1. The number of hydrogen-bond acceptors (Lipinski definition) is 4. The van der Waals surface area contributed by atoms with Gasteiger partial charge in [0.15, 0.2) is 0 Å². The number of nitrogens with one attached hydrogen (secondary N) is 1. The smallest absolute Gasteiger partial charge is 0.277 e. The molecule has 0 fully saturated rings. The number of thiazole rings is 1. The van der Waals surface area contributed by atoms with E-state index < -0.39 is 0 Å². The van der Waals surface area contributed by atoms with Crippen molar-refractivity contribution in [3.63, 3.8) is 0 Å². The summed E-state index contributed by atoms with van der Waals surface area (Å²) in [7, 11) is 1.37. The van der Waals surface area contributed by atoms with Gasteiger partial charge < -0.3 is 0 Å². The second kappa shape index (κ2) is 5.27. The highest BCUT2D eigenvalue weighted by atomic mass is 35.5. The van der Waals surface area contributed by atoms with Gasteiger partial charge in [0.05, 0.1) is 12.1 Å². The highest BCUT2D eigenvalue weighted by Gasteiger charge is 2.12. The summed E-state index contributed by atoms with van der Waals surface area (Å²) in [6.07, 6.45) is 0. The van der Waals surface area contributed by atoms with Crippen LogP contribution in [0.3, 0.4) is 0 Å². The minimum Gasteiger partial charge on any atom is -0.277 e. The summed E-state index contributed by atoms with van der Waals surface area (Å²) >= 11 is 7.41. The van der Waals surface area contributed by atoms with Gasteiger partial charge in [0.2, 0.25) is 0 Å². The molecule has 0 aliphatic rings. The van der Waals surface area contributed by atoms with Gasteiger partial charge in [-0.3, -0.25) is 9.63 Å². The summed E-state index contributed by atoms with van der Waals surface area (Å²) in [5.41, 5.74) is 3.34. The largest absolute Gasteiger partial charge is 0.294 e. The number of carbonyl (C=O) groups is 1. The second-order valence-electron chi connectivity index (χ2n) is 3.15. The van der Waals surface area contributed by atoms with Gasteiger partial charge in [0.25, 0.3) is 5.91 Å². The van der Waals surface area contributed by atoms with Crippen LogP contribution in [0.2, 0.25) is 5.02 Å². The van der Waals surface area contributed by atoms with Crippen molar-refractivity contribution in [2.24, 2.45) is 0 Å². The van der Waals surface area contributed by atoms with Gasteiger partial charge in [-0.25, -0.2) is 10.5 Å². The molecule has 0 spiro atoms. The van der Waals surface area contributed by atoms with E-state index >= 15 is 0 Å². The van der Waals surface area contributed by atoms with Gasteiger partial charge in [0.1, 0.15) is 10.7 Å². The summed E-state index contributed by atoms with van der Waals surface area (Å²) in [5, 5.41) is 2.98. The molecule has 1 aromatic heterocycles. The number of hydroxylamine groups is 1. The zero-order valence-electron chi connectivity index (χ0n) is 8.94. The topological polar surface area (TPSA) is 51.2 Å². The number of amides is 1. The zero-order chi connectivity index (χ0) is 12.3. The molecule has 88 valence electrons. The highest BCUT2D eigenvalue weighted by Crippen LogP contribution is 2.29. The third kappa shape index (κ3) is 2.63. The fourth-order valence-corrected chi connectivity index (χ4v) is 2.40. The molecular weight excluding hydrogens is 260 g/mol. The van der Waals surface area contributed by atoms with E-state index in [0.717, 1.165) is 5.56 Å². The monoisotopic (exact) mass is 268 g/mol. The highest BCUT2D eigenvalue weighted by molar-refractivity contribution is 7.13. The van der Waals surface area contributed by atoms with Crippen molar-refractivity contribution in [3.8, 4) is 10.6 Å². The van der Waals surface area contributed by atoms with Crippen molar-refractivity contribution < 1.29 is 9.63 Å². The summed E-state index contributed by atoms with van der Waals surface area (Å²) < 4.78 is 0. The SMILES string of the molecule is CONC(=O)c1csc(-c2ccccc2Cl)n1. The van der Waals surface area contributed by atoms with Crippen LogP contribution in [0.4, 0.5) is 0 Å². The average molecular weight is 269 g/mol. The van der Waals surface area contributed by atoms with Crippen LogP contribution in [0.1, 0.15) is 10.5 Å². The van der Waals surface area contributed by atoms with Crippen molar-refractivity contribution >= 4 is 28.8 Å². The molecule has 0 unspecified atom stereocenters. The predicted octanol–water partition coefficient (Wildman–Crippen LogP) is 2.75. The maximum atomic E-state index is 11.4. The van der Waals surface area contributed by atoms with Crippen LogP contribution in [0.5, 0.6) is 0 Å². The van der Waals surface area contributed by atoms with E-state index in [-0.39, 0.29) is 5.91 Å². The molecule has 0 aliphatic heterocycles. The van der Waals surface area contributed by atoms with E-state index in [1.54, 1.807) is 11.4 Å². The van der Waals surface area contributed by atoms with E-state index in [1.807, 2.05) is 18.2 Å². The molecule has 1 amide bonds. The summed E-state index contributed by atoms with van der Waals surface area (Å²) in [6.45, 7) is 0. The van der Waals surface area contributed by atoms with E-state index in [2.05, 4.69) is 15.3 Å². The first-order valence-corrected chi connectivity index (χ1v) is 6.02. The lowest BCUT2D eigenvalue weighted by molar-refractivity contribution is 0.0533. The number of halogens is 1. The fourth-order valence-electron chi connectivity index (χ4n) is 1.28. The van der Waals surface area contributed by atoms with Crippen LogP contribution in [0.15, 0.2) is 29.6 Å². The van der Waals surface area contributed by atoms with Crippen molar-refractivity contribution in [2.75, 3.05) is 7.11 Å². The molecule has 1 heterocycles. The molecule has 17 heavy (non-hydrogen) atoms. The van der Waals surface area contributed by atoms with Crippen LogP contribution >= 0.6 is 22.9 Å². The molecule has 1 N–H and O–H groups in total. The Morgan fingerprint density at radius 3 is 2.94 bits per heavy atom. The Labute approximate surface area is 107 Å². The molecule has 4 nitrogen and oxygen atoms in total. The first kappa shape index (κ1) is 12.0. The van der Waals surface area contributed by atoms with Crippen LogP contribution in [-0.4, -0.2) is 18.0 Å². The maximum absolute atomic E-state index is 11.4. The summed E-state index contributed by atoms with van der Waals surface area (Å²) in [5.74, 6) is -0.373. The molecule has 0 bridgehead atoms. The molecule has 0 saturated heterocycles. The quantitative estimate of drug-likeness (QED) is 0.871. The fraction of sp³-hybridized carbons (Fsp3) is 0.0909. The molecule has 2 aromatic rings. The molecular formula is C11H9ClN2O2S. The number of carbonyl (C=O) groups excluding carboxylic acids is 1. The Hall–Kier alpha value is -1.43. The first-order valence-electron chi connectivity index (χ1n) is 4.76. The predicted molar refractivity (Wildman–Crippen MR) is 67.0 cm³/mol. The van der Waals surface area contributed by atoms with Gasteiger partial charge in [-0.05, 0) is 6.07 Å². The van der Waals surface area contributed by atoms with Crippen molar-refractivity contribution in [2.45, 2.75) is 0 Å². The van der Waals surface area contributed by atoms with Crippen molar-refractivity contribution in [3.05, 3.63) is 40.4 Å². The normalized spacial score (nSPS) is 10.2. The van der Waals surface area contributed by atoms with Crippen LogP contribution < -0.4 is 5.48 Å². The minimum atomic E-state index is -0.373. The lowest BCUT2D eigenvalue weighted by Crippen LogP contribution is -2.21. The number of benzene rings is 1. The lowest BCUT2D eigenvalue weighted by atomic mass is 10.2. The van der Waals surface area contributed by atoms with E-state index in [4.69, 9.17) is 11.6 Å². The molecule has 0 radical (unpaired) electrons. The summed E-state index contributed by atoms with van der Waals surface area (Å²) in [6, 6.07) is 7.36.